The molecule has 0 saturated heterocycles. The zero-order valence-corrected chi connectivity index (χ0v) is 16.1. The van der Waals surface area contributed by atoms with Gasteiger partial charge >= 0.3 is 12.1 Å². The van der Waals surface area contributed by atoms with E-state index in [0.29, 0.717) is 10.4 Å². The van der Waals surface area contributed by atoms with Crippen LogP contribution >= 0.6 is 12.4 Å². The van der Waals surface area contributed by atoms with Gasteiger partial charge in [-0.1, -0.05) is 0 Å². The van der Waals surface area contributed by atoms with E-state index in [1.165, 1.54) is 31.2 Å². The molecule has 0 spiro atoms. The normalized spacial score (nSPS) is 12.1. The fourth-order valence-electron chi connectivity index (χ4n) is 2.24. The van der Waals surface area contributed by atoms with E-state index >= 15 is 0 Å². The molecular weight excluding hydrogens is 401 g/mol. The van der Waals surface area contributed by atoms with Gasteiger partial charge in [-0.2, -0.15) is 18.3 Å². The number of carbonyl (C=O) groups is 2. The number of aromatic nitrogens is 2. The van der Waals surface area contributed by atoms with Crippen LogP contribution in [0, 0.1) is 0 Å². The van der Waals surface area contributed by atoms with Crippen molar-refractivity contribution in [3.05, 3.63) is 41.7 Å². The summed E-state index contributed by atoms with van der Waals surface area (Å²) in [6.07, 6.45) is -3.99. The number of benzene rings is 1. The molecule has 1 heterocycles. The third-order valence-corrected chi connectivity index (χ3v) is 3.74. The Kier molecular flexibility index (Phi) is 8.01. The van der Waals surface area contributed by atoms with Crippen molar-refractivity contribution >= 4 is 30.0 Å². The van der Waals surface area contributed by atoms with Crippen LogP contribution in [0.4, 0.5) is 18.9 Å². The Morgan fingerprint density at radius 2 is 1.86 bits per heavy atom. The lowest BCUT2D eigenvalue weighted by Gasteiger charge is -2.14. The minimum Gasteiger partial charge on any atom is -0.462 e. The van der Waals surface area contributed by atoms with Crippen LogP contribution in [0.25, 0.3) is 5.69 Å². The molecule has 2 N–H and O–H groups in total. The van der Waals surface area contributed by atoms with Crippen LogP contribution in [0.1, 0.15) is 29.9 Å². The highest BCUT2D eigenvalue weighted by Crippen LogP contribution is 2.34. The summed E-state index contributed by atoms with van der Waals surface area (Å²) >= 11 is 0. The first-order chi connectivity index (χ1) is 12.7. The topological polar surface area (TPSA) is 85.2 Å². The fraction of sp³-hybridized carbons (Fsp3) is 0.353. The lowest BCUT2D eigenvalue weighted by molar-refractivity contribution is -0.143. The maximum atomic E-state index is 13.5. The Bertz CT molecular complexity index is 822. The number of halogens is 4. The molecule has 1 aromatic carbocycles. The van der Waals surface area contributed by atoms with Gasteiger partial charge in [-0.25, -0.2) is 9.48 Å². The van der Waals surface area contributed by atoms with Crippen LogP contribution in [-0.2, 0) is 15.7 Å². The second-order valence-corrected chi connectivity index (χ2v) is 5.58. The summed E-state index contributed by atoms with van der Waals surface area (Å²) in [5, 5.41) is 9.09. The zero-order chi connectivity index (χ0) is 20.2. The Balaban J connectivity index is 0.00000392. The molecule has 2 rings (SSSR count). The molecular formula is C17H20ClF3N4O3. The maximum absolute atomic E-state index is 13.5. The molecule has 11 heteroatoms. The van der Waals surface area contributed by atoms with Crippen LogP contribution in [0.15, 0.2) is 30.5 Å². The number of amides is 1. The van der Waals surface area contributed by atoms with Crippen molar-refractivity contribution in [3.8, 4) is 5.69 Å². The van der Waals surface area contributed by atoms with Gasteiger partial charge in [0.15, 0.2) is 5.69 Å². The summed E-state index contributed by atoms with van der Waals surface area (Å²) in [5.74, 6) is -1.38. The van der Waals surface area contributed by atoms with Crippen molar-refractivity contribution < 1.29 is 27.5 Å². The van der Waals surface area contributed by atoms with E-state index < -0.39 is 29.4 Å². The molecule has 0 bridgehead atoms. The average Bonchev–Trinajstić information content (AvgIpc) is 3.07. The molecule has 0 aliphatic carbocycles. The first kappa shape index (κ1) is 23.4. The Labute approximate surface area is 165 Å². The van der Waals surface area contributed by atoms with E-state index in [4.69, 9.17) is 0 Å². The summed E-state index contributed by atoms with van der Waals surface area (Å²) in [7, 11) is 1.63. The third kappa shape index (κ3) is 5.23. The molecule has 0 aliphatic heterocycles. The molecule has 2 aromatic rings. The molecule has 7 nitrogen and oxygen atoms in total. The van der Waals surface area contributed by atoms with Gasteiger partial charge in [0, 0.05) is 5.69 Å². The lowest BCUT2D eigenvalue weighted by atomic mass is 10.2. The summed E-state index contributed by atoms with van der Waals surface area (Å²) in [6.45, 7) is 3.11. The summed E-state index contributed by atoms with van der Waals surface area (Å²) < 4.78 is 45.7. The number of likely N-dealkylation sites (N-methyl/N-ethyl adjacent to an activating group) is 1. The number of carbonyl (C=O) groups excluding carboxylic acids is 2. The predicted molar refractivity (Wildman–Crippen MR) is 98.9 cm³/mol. The highest BCUT2D eigenvalue weighted by atomic mass is 35.5. The van der Waals surface area contributed by atoms with Gasteiger partial charge < -0.3 is 15.4 Å². The minimum absolute atomic E-state index is 0. The van der Waals surface area contributed by atoms with E-state index in [-0.39, 0.29) is 30.6 Å². The monoisotopic (exact) mass is 420 g/mol. The van der Waals surface area contributed by atoms with E-state index in [1.807, 2.05) is 0 Å². The summed E-state index contributed by atoms with van der Waals surface area (Å²) in [4.78, 5) is 23.6. The van der Waals surface area contributed by atoms with E-state index in [0.717, 1.165) is 6.20 Å². The molecule has 0 saturated carbocycles. The maximum Gasteiger partial charge on any atom is 0.434 e. The largest absolute Gasteiger partial charge is 0.462 e. The SMILES string of the molecule is CCOC(=O)c1cnn(-c2ccc(NC(=O)C(C)NC)cc2)c1C(F)(F)F.Cl. The highest BCUT2D eigenvalue weighted by molar-refractivity contribution is 5.94. The molecule has 0 radical (unpaired) electrons. The lowest BCUT2D eigenvalue weighted by Crippen LogP contribution is -2.35. The molecule has 1 amide bonds. The van der Waals surface area contributed by atoms with E-state index in [2.05, 4.69) is 20.5 Å². The van der Waals surface area contributed by atoms with Crippen molar-refractivity contribution in [1.29, 1.82) is 0 Å². The van der Waals surface area contributed by atoms with Gasteiger partial charge in [-0.3, -0.25) is 4.79 Å². The summed E-state index contributed by atoms with van der Waals surface area (Å²) in [5.41, 5.74) is -1.39. The second-order valence-electron chi connectivity index (χ2n) is 5.58. The van der Waals surface area contributed by atoms with E-state index in [9.17, 15) is 22.8 Å². The van der Waals surface area contributed by atoms with Gasteiger partial charge in [0.2, 0.25) is 5.91 Å². The molecule has 28 heavy (non-hydrogen) atoms. The zero-order valence-electron chi connectivity index (χ0n) is 15.3. The molecule has 1 atom stereocenters. The van der Waals surface area contributed by atoms with Crippen LogP contribution < -0.4 is 10.6 Å². The number of alkyl halides is 3. The minimum atomic E-state index is -4.81. The van der Waals surface area contributed by atoms with Crippen LogP contribution in [0.2, 0.25) is 0 Å². The summed E-state index contributed by atoms with van der Waals surface area (Å²) in [6, 6.07) is 5.18. The number of nitrogens with zero attached hydrogens (tertiary/aromatic N) is 2. The average molecular weight is 421 g/mol. The Morgan fingerprint density at radius 3 is 2.36 bits per heavy atom. The number of esters is 1. The van der Waals surface area contributed by atoms with E-state index in [1.54, 1.807) is 14.0 Å². The second kappa shape index (κ2) is 9.56. The number of rotatable bonds is 6. The number of ether oxygens (including phenoxy) is 1. The highest BCUT2D eigenvalue weighted by Gasteiger charge is 2.41. The molecule has 1 aromatic heterocycles. The fourth-order valence-corrected chi connectivity index (χ4v) is 2.24. The molecule has 0 fully saturated rings. The molecule has 0 aliphatic rings. The van der Waals surface area contributed by atoms with Crippen molar-refractivity contribution in [2.45, 2.75) is 26.1 Å². The first-order valence-electron chi connectivity index (χ1n) is 8.10. The number of nitrogens with one attached hydrogen (secondary N) is 2. The van der Waals surface area contributed by atoms with Gasteiger partial charge in [-0.05, 0) is 45.2 Å². The third-order valence-electron chi connectivity index (χ3n) is 3.74. The first-order valence-corrected chi connectivity index (χ1v) is 8.10. The number of hydrogen-bond donors (Lipinski definition) is 2. The Hall–Kier alpha value is -2.59. The van der Waals surface area contributed by atoms with Crippen LogP contribution in [0.5, 0.6) is 0 Å². The van der Waals surface area contributed by atoms with Gasteiger partial charge in [-0.15, -0.1) is 12.4 Å². The quantitative estimate of drug-likeness (QED) is 0.702. The Morgan fingerprint density at radius 1 is 1.25 bits per heavy atom. The van der Waals surface area contributed by atoms with Gasteiger partial charge in [0.1, 0.15) is 5.56 Å². The van der Waals surface area contributed by atoms with Gasteiger partial charge in [0.25, 0.3) is 0 Å². The van der Waals surface area contributed by atoms with Crippen LogP contribution in [0.3, 0.4) is 0 Å². The van der Waals surface area contributed by atoms with Crippen LogP contribution in [-0.4, -0.2) is 41.4 Å². The smallest absolute Gasteiger partial charge is 0.434 e. The number of anilines is 1. The van der Waals surface area contributed by atoms with Gasteiger partial charge in [0.05, 0.1) is 24.5 Å². The van der Waals surface area contributed by atoms with Crippen molar-refractivity contribution in [3.63, 3.8) is 0 Å². The standard InChI is InChI=1S/C17H19F3N4O3.ClH/c1-4-27-16(26)13-9-22-24(14(13)17(18,19)20)12-7-5-11(6-8-12)23-15(25)10(2)21-3;/h5-10,21H,4H2,1-3H3,(H,23,25);1H. The van der Waals surface area contributed by atoms with Crippen molar-refractivity contribution in [2.75, 3.05) is 19.0 Å². The van der Waals surface area contributed by atoms with Crippen molar-refractivity contribution in [2.24, 2.45) is 0 Å². The van der Waals surface area contributed by atoms with Crippen molar-refractivity contribution in [1.82, 2.24) is 15.1 Å². The molecule has 1 unspecified atom stereocenters. The molecule has 154 valence electrons. The number of hydrogen-bond acceptors (Lipinski definition) is 5. The predicted octanol–water partition coefficient (Wildman–Crippen LogP) is 3.04.